The molecule has 1 aliphatic rings. The van der Waals surface area contributed by atoms with E-state index in [0.717, 1.165) is 5.56 Å². The van der Waals surface area contributed by atoms with Crippen LogP contribution in [0.4, 0.5) is 0 Å². The second-order valence-electron chi connectivity index (χ2n) is 6.17. The number of hydrogen-bond donors (Lipinski definition) is 0. The Balaban J connectivity index is 1.92. The summed E-state index contributed by atoms with van der Waals surface area (Å²) in [7, 11) is 1.57. The van der Waals surface area contributed by atoms with Crippen molar-refractivity contribution in [3.63, 3.8) is 0 Å². The third-order valence-corrected chi connectivity index (χ3v) is 4.65. The van der Waals surface area contributed by atoms with Crippen LogP contribution in [0.3, 0.4) is 0 Å². The minimum absolute atomic E-state index is 0.222. The summed E-state index contributed by atoms with van der Waals surface area (Å²) >= 11 is 0. The number of carbonyl (C=O) groups excluding carboxylic acids is 1. The van der Waals surface area contributed by atoms with E-state index < -0.39 is 23.6 Å². The SMILES string of the molecule is CCOC(=O)[C@@H]1Oc2c(c(=O)oc3ccccc23)[C@H]1c1ccc(OC)cc1. The molecule has 0 unspecified atom stereocenters. The molecule has 6 nitrogen and oxygen atoms in total. The minimum Gasteiger partial charge on any atom is -0.497 e. The molecule has 138 valence electrons. The van der Waals surface area contributed by atoms with Crippen molar-refractivity contribution in [1.29, 1.82) is 0 Å². The van der Waals surface area contributed by atoms with Crippen molar-refractivity contribution in [1.82, 2.24) is 0 Å². The van der Waals surface area contributed by atoms with Crippen molar-refractivity contribution in [2.45, 2.75) is 18.9 Å². The van der Waals surface area contributed by atoms with Crippen molar-refractivity contribution < 1.29 is 23.4 Å². The molecule has 0 bridgehead atoms. The van der Waals surface area contributed by atoms with Crippen LogP contribution in [0.2, 0.25) is 0 Å². The highest BCUT2D eigenvalue weighted by Crippen LogP contribution is 2.44. The zero-order valence-corrected chi connectivity index (χ0v) is 14.9. The van der Waals surface area contributed by atoms with Crippen molar-refractivity contribution in [2.75, 3.05) is 13.7 Å². The number of fused-ring (bicyclic) bond motifs is 3. The summed E-state index contributed by atoms with van der Waals surface area (Å²) in [5.74, 6) is -0.0827. The van der Waals surface area contributed by atoms with E-state index in [0.29, 0.717) is 28.0 Å². The number of ether oxygens (including phenoxy) is 3. The molecule has 0 aliphatic carbocycles. The van der Waals surface area contributed by atoms with Gasteiger partial charge in [0.1, 0.15) is 17.1 Å². The van der Waals surface area contributed by atoms with E-state index in [1.165, 1.54) is 0 Å². The van der Waals surface area contributed by atoms with Crippen LogP contribution < -0.4 is 15.1 Å². The smallest absolute Gasteiger partial charge is 0.348 e. The van der Waals surface area contributed by atoms with Crippen LogP contribution in [0.5, 0.6) is 11.5 Å². The lowest BCUT2D eigenvalue weighted by Crippen LogP contribution is -2.32. The van der Waals surface area contributed by atoms with Crippen molar-refractivity contribution >= 4 is 16.9 Å². The number of rotatable bonds is 4. The minimum atomic E-state index is -0.956. The second-order valence-corrected chi connectivity index (χ2v) is 6.17. The Bertz CT molecular complexity index is 1050. The zero-order valence-electron chi connectivity index (χ0n) is 14.9. The van der Waals surface area contributed by atoms with Gasteiger partial charge in [-0.05, 0) is 36.8 Å². The number of carbonyl (C=O) groups is 1. The van der Waals surface area contributed by atoms with Gasteiger partial charge in [0, 0.05) is 0 Å². The Kier molecular flexibility index (Phi) is 4.32. The van der Waals surface area contributed by atoms with Crippen LogP contribution >= 0.6 is 0 Å². The van der Waals surface area contributed by atoms with Gasteiger partial charge >= 0.3 is 11.6 Å². The van der Waals surface area contributed by atoms with Gasteiger partial charge in [-0.3, -0.25) is 0 Å². The molecular weight excluding hydrogens is 348 g/mol. The highest BCUT2D eigenvalue weighted by Gasteiger charge is 2.45. The maximum absolute atomic E-state index is 12.7. The van der Waals surface area contributed by atoms with Gasteiger partial charge in [0.15, 0.2) is 0 Å². The predicted octanol–water partition coefficient (Wildman–Crippen LogP) is 3.26. The van der Waals surface area contributed by atoms with E-state index in [1.54, 1.807) is 44.4 Å². The number of methoxy groups -OCH3 is 1. The number of hydrogen-bond acceptors (Lipinski definition) is 6. The van der Waals surface area contributed by atoms with Gasteiger partial charge in [-0.25, -0.2) is 9.59 Å². The summed E-state index contributed by atoms with van der Waals surface area (Å²) in [4.78, 5) is 25.3. The molecule has 2 atom stereocenters. The summed E-state index contributed by atoms with van der Waals surface area (Å²) in [6.07, 6.45) is -0.956. The lowest BCUT2D eigenvalue weighted by atomic mass is 9.88. The van der Waals surface area contributed by atoms with Crippen LogP contribution in [0, 0.1) is 0 Å². The lowest BCUT2D eigenvalue weighted by Gasteiger charge is -2.17. The molecule has 3 aromatic rings. The Morgan fingerprint density at radius 2 is 1.85 bits per heavy atom. The first kappa shape index (κ1) is 17.1. The fraction of sp³-hybridized carbons (Fsp3) is 0.238. The number of para-hydroxylation sites is 1. The highest BCUT2D eigenvalue weighted by atomic mass is 16.6. The van der Waals surface area contributed by atoms with E-state index >= 15 is 0 Å². The van der Waals surface area contributed by atoms with Crippen LogP contribution in [-0.2, 0) is 9.53 Å². The van der Waals surface area contributed by atoms with Gasteiger partial charge in [-0.2, -0.15) is 0 Å². The van der Waals surface area contributed by atoms with Gasteiger partial charge in [0.25, 0.3) is 0 Å². The standard InChI is InChI=1S/C21H18O6/c1-3-25-21(23)19-16(12-8-10-13(24-2)11-9-12)17-18(27-19)14-6-4-5-7-15(14)26-20(17)22/h4-11,16,19H,3H2,1-2H3/t16-,19-/m1/s1. The van der Waals surface area contributed by atoms with Gasteiger partial charge in [-0.1, -0.05) is 24.3 Å². The predicted molar refractivity (Wildman–Crippen MR) is 98.4 cm³/mol. The molecule has 0 radical (unpaired) electrons. The molecule has 6 heteroatoms. The monoisotopic (exact) mass is 366 g/mol. The number of esters is 1. The van der Waals surface area contributed by atoms with Crippen LogP contribution in [-0.4, -0.2) is 25.8 Å². The van der Waals surface area contributed by atoms with E-state index in [9.17, 15) is 9.59 Å². The Labute approximate surface area is 155 Å². The molecule has 2 aromatic carbocycles. The molecule has 1 aromatic heterocycles. The van der Waals surface area contributed by atoms with E-state index in [2.05, 4.69) is 0 Å². The molecule has 0 N–H and O–H groups in total. The summed E-state index contributed by atoms with van der Waals surface area (Å²) in [5, 5.41) is 0.650. The maximum atomic E-state index is 12.7. The average molecular weight is 366 g/mol. The molecule has 27 heavy (non-hydrogen) atoms. The molecule has 2 heterocycles. The first-order valence-corrected chi connectivity index (χ1v) is 8.67. The largest absolute Gasteiger partial charge is 0.497 e. The Morgan fingerprint density at radius 1 is 1.11 bits per heavy atom. The summed E-state index contributed by atoms with van der Waals surface area (Å²) in [6.45, 7) is 1.95. The van der Waals surface area contributed by atoms with Gasteiger partial charge in [-0.15, -0.1) is 0 Å². The summed E-state index contributed by atoms with van der Waals surface area (Å²) < 4.78 is 21.8. The second kappa shape index (κ2) is 6.79. The zero-order chi connectivity index (χ0) is 19.0. The number of benzene rings is 2. The maximum Gasteiger partial charge on any atom is 0.348 e. The molecule has 1 aliphatic heterocycles. The molecule has 0 saturated carbocycles. The van der Waals surface area contributed by atoms with E-state index in [1.807, 2.05) is 18.2 Å². The first-order valence-electron chi connectivity index (χ1n) is 8.67. The molecule has 0 spiro atoms. The summed E-state index contributed by atoms with van der Waals surface area (Å²) in [5.41, 5.74) is 0.975. The van der Waals surface area contributed by atoms with Crippen molar-refractivity contribution in [3.05, 3.63) is 70.1 Å². The van der Waals surface area contributed by atoms with Gasteiger partial charge < -0.3 is 18.6 Å². The average Bonchev–Trinajstić information content (AvgIpc) is 3.10. The van der Waals surface area contributed by atoms with Crippen molar-refractivity contribution in [2.24, 2.45) is 0 Å². The first-order chi connectivity index (χ1) is 13.1. The molecule has 4 rings (SSSR count). The van der Waals surface area contributed by atoms with Crippen LogP contribution in [0.1, 0.15) is 24.0 Å². The topological polar surface area (TPSA) is 75.0 Å². The van der Waals surface area contributed by atoms with E-state index in [4.69, 9.17) is 18.6 Å². The van der Waals surface area contributed by atoms with Crippen LogP contribution in [0.15, 0.2) is 57.7 Å². The Morgan fingerprint density at radius 3 is 2.56 bits per heavy atom. The quantitative estimate of drug-likeness (QED) is 0.521. The highest BCUT2D eigenvalue weighted by molar-refractivity contribution is 5.88. The fourth-order valence-electron chi connectivity index (χ4n) is 3.44. The normalized spacial score (nSPS) is 18.0. The van der Waals surface area contributed by atoms with Gasteiger partial charge in [0.05, 0.1) is 30.6 Å². The molecule has 0 amide bonds. The molecule has 0 fully saturated rings. The van der Waals surface area contributed by atoms with Crippen LogP contribution in [0.25, 0.3) is 11.0 Å². The molecular formula is C21H18O6. The lowest BCUT2D eigenvalue weighted by molar-refractivity contribution is -0.151. The van der Waals surface area contributed by atoms with Gasteiger partial charge in [0.2, 0.25) is 6.10 Å². The van der Waals surface area contributed by atoms with Crippen molar-refractivity contribution in [3.8, 4) is 11.5 Å². The third-order valence-electron chi connectivity index (χ3n) is 4.65. The fourth-order valence-corrected chi connectivity index (χ4v) is 3.44. The molecule has 0 saturated heterocycles. The Hall–Kier alpha value is -3.28. The summed E-state index contributed by atoms with van der Waals surface area (Å²) in [6, 6.07) is 14.3. The van der Waals surface area contributed by atoms with E-state index in [-0.39, 0.29) is 6.61 Å². The third kappa shape index (κ3) is 2.83.